The van der Waals surface area contributed by atoms with Crippen LogP contribution in [-0.4, -0.2) is 11.7 Å². The van der Waals surface area contributed by atoms with E-state index in [4.69, 9.17) is 4.74 Å². The Bertz CT molecular complexity index is 391. The average Bonchev–Trinajstić information content (AvgIpc) is 2.45. The Kier molecular flexibility index (Phi) is 9.07. The summed E-state index contributed by atoms with van der Waals surface area (Å²) in [5.41, 5.74) is 0.314. The van der Waals surface area contributed by atoms with Gasteiger partial charge in [-0.1, -0.05) is 51.9 Å². The lowest BCUT2D eigenvalue weighted by atomic mass is 10.1. The molecular formula is C18H29FO2. The van der Waals surface area contributed by atoms with Gasteiger partial charge >= 0.3 is 0 Å². The largest absolute Gasteiger partial charge is 0.493 e. The Hall–Kier alpha value is -1.09. The van der Waals surface area contributed by atoms with Crippen molar-refractivity contribution in [2.24, 2.45) is 0 Å². The van der Waals surface area contributed by atoms with Gasteiger partial charge in [0.1, 0.15) is 11.6 Å². The van der Waals surface area contributed by atoms with Crippen molar-refractivity contribution in [3.05, 3.63) is 29.6 Å². The lowest BCUT2D eigenvalue weighted by Crippen LogP contribution is -2.00. The zero-order chi connectivity index (χ0) is 15.5. The van der Waals surface area contributed by atoms with Crippen molar-refractivity contribution in [1.82, 2.24) is 0 Å². The summed E-state index contributed by atoms with van der Waals surface area (Å²) in [5.74, 6) is 0.137. The van der Waals surface area contributed by atoms with Crippen LogP contribution in [0.15, 0.2) is 18.2 Å². The number of aliphatic hydroxyl groups is 1. The van der Waals surface area contributed by atoms with Gasteiger partial charge in [-0.05, 0) is 25.5 Å². The molecule has 1 aromatic rings. The van der Waals surface area contributed by atoms with Crippen LogP contribution in [0.2, 0.25) is 0 Å². The maximum absolute atomic E-state index is 13.6. The van der Waals surface area contributed by atoms with Crippen molar-refractivity contribution in [2.75, 3.05) is 6.61 Å². The molecule has 0 saturated heterocycles. The molecule has 3 heteroatoms. The molecule has 1 N–H and O–H groups in total. The normalized spacial score (nSPS) is 12.4. The fourth-order valence-electron chi connectivity index (χ4n) is 2.36. The van der Waals surface area contributed by atoms with Crippen LogP contribution in [0, 0.1) is 5.82 Å². The van der Waals surface area contributed by atoms with Crippen molar-refractivity contribution in [3.8, 4) is 5.75 Å². The molecule has 2 nitrogen and oxygen atoms in total. The molecule has 0 aliphatic rings. The van der Waals surface area contributed by atoms with Gasteiger partial charge in [-0.3, -0.25) is 0 Å². The van der Waals surface area contributed by atoms with Crippen LogP contribution in [0.4, 0.5) is 4.39 Å². The number of ether oxygens (including phenoxy) is 1. The molecular weight excluding hydrogens is 267 g/mol. The minimum atomic E-state index is -0.785. The van der Waals surface area contributed by atoms with Crippen LogP contribution in [0.5, 0.6) is 5.75 Å². The molecule has 120 valence electrons. The first-order valence-corrected chi connectivity index (χ1v) is 8.25. The molecule has 0 spiro atoms. The van der Waals surface area contributed by atoms with Crippen LogP contribution >= 0.6 is 0 Å². The number of hydrogen-bond acceptors (Lipinski definition) is 2. The Balaban J connectivity index is 2.11. The molecule has 0 aliphatic heterocycles. The summed E-state index contributed by atoms with van der Waals surface area (Å²) >= 11 is 0. The SMILES string of the molecule is CCCCCCCCCCOc1ccc([C@H](C)O)c(F)c1. The van der Waals surface area contributed by atoms with Crippen molar-refractivity contribution in [2.45, 2.75) is 71.3 Å². The van der Waals surface area contributed by atoms with Gasteiger partial charge in [0, 0.05) is 11.6 Å². The fraction of sp³-hybridized carbons (Fsp3) is 0.667. The summed E-state index contributed by atoms with van der Waals surface area (Å²) in [6.07, 6.45) is 9.26. The van der Waals surface area contributed by atoms with Gasteiger partial charge in [-0.15, -0.1) is 0 Å². The van der Waals surface area contributed by atoms with Crippen molar-refractivity contribution in [1.29, 1.82) is 0 Å². The van der Waals surface area contributed by atoms with E-state index < -0.39 is 11.9 Å². The average molecular weight is 296 g/mol. The summed E-state index contributed by atoms with van der Waals surface area (Å²) in [5, 5.41) is 9.37. The summed E-state index contributed by atoms with van der Waals surface area (Å²) in [6.45, 7) is 4.41. The molecule has 21 heavy (non-hydrogen) atoms. The predicted molar refractivity (Wildman–Crippen MR) is 85.1 cm³/mol. The summed E-state index contributed by atoms with van der Waals surface area (Å²) in [7, 11) is 0. The third kappa shape index (κ3) is 7.47. The van der Waals surface area contributed by atoms with E-state index in [2.05, 4.69) is 6.92 Å². The first-order valence-electron chi connectivity index (χ1n) is 8.25. The van der Waals surface area contributed by atoms with Crippen LogP contribution in [-0.2, 0) is 0 Å². The molecule has 0 radical (unpaired) electrons. The summed E-state index contributed by atoms with van der Waals surface area (Å²) < 4.78 is 19.2. The van der Waals surface area contributed by atoms with E-state index in [1.54, 1.807) is 19.1 Å². The molecule has 0 saturated carbocycles. The van der Waals surface area contributed by atoms with Gasteiger partial charge in [0.25, 0.3) is 0 Å². The topological polar surface area (TPSA) is 29.5 Å². The fourth-order valence-corrected chi connectivity index (χ4v) is 2.36. The van der Waals surface area contributed by atoms with Gasteiger partial charge in [0.2, 0.25) is 0 Å². The first kappa shape index (κ1) is 18.0. The van der Waals surface area contributed by atoms with E-state index in [0.717, 1.165) is 6.42 Å². The number of unbranched alkanes of at least 4 members (excludes halogenated alkanes) is 7. The summed E-state index contributed by atoms with van der Waals surface area (Å²) in [4.78, 5) is 0. The maximum atomic E-state index is 13.6. The zero-order valence-electron chi connectivity index (χ0n) is 13.4. The quantitative estimate of drug-likeness (QED) is 0.554. The van der Waals surface area contributed by atoms with Crippen molar-refractivity contribution < 1.29 is 14.2 Å². The molecule has 1 rings (SSSR count). The molecule has 0 aliphatic carbocycles. The highest BCUT2D eigenvalue weighted by Crippen LogP contribution is 2.22. The molecule has 0 heterocycles. The lowest BCUT2D eigenvalue weighted by Gasteiger charge is -2.10. The second kappa shape index (κ2) is 10.6. The highest BCUT2D eigenvalue weighted by atomic mass is 19.1. The Morgan fingerprint density at radius 1 is 1.05 bits per heavy atom. The third-order valence-electron chi connectivity index (χ3n) is 3.69. The number of rotatable bonds is 11. The first-order chi connectivity index (χ1) is 10.1. The smallest absolute Gasteiger partial charge is 0.132 e. The van der Waals surface area contributed by atoms with Crippen LogP contribution in [0.1, 0.15) is 76.9 Å². The number of hydrogen-bond donors (Lipinski definition) is 1. The van der Waals surface area contributed by atoms with E-state index in [-0.39, 0.29) is 0 Å². The number of aliphatic hydroxyl groups excluding tert-OH is 1. The second-order valence-corrected chi connectivity index (χ2v) is 5.68. The Morgan fingerprint density at radius 2 is 1.67 bits per heavy atom. The highest BCUT2D eigenvalue weighted by molar-refractivity contribution is 5.29. The van der Waals surface area contributed by atoms with Crippen molar-refractivity contribution in [3.63, 3.8) is 0 Å². The van der Waals surface area contributed by atoms with E-state index in [1.165, 1.54) is 51.0 Å². The van der Waals surface area contributed by atoms with Crippen molar-refractivity contribution >= 4 is 0 Å². The Labute approximate surface area is 128 Å². The number of benzene rings is 1. The van der Waals surface area contributed by atoms with E-state index >= 15 is 0 Å². The monoisotopic (exact) mass is 296 g/mol. The van der Waals surface area contributed by atoms with E-state index in [9.17, 15) is 9.50 Å². The van der Waals surface area contributed by atoms with Crippen LogP contribution in [0.25, 0.3) is 0 Å². The molecule has 0 amide bonds. The number of halogens is 1. The third-order valence-corrected chi connectivity index (χ3v) is 3.69. The molecule has 0 bridgehead atoms. The summed E-state index contributed by atoms with van der Waals surface area (Å²) in [6, 6.07) is 4.66. The van der Waals surface area contributed by atoms with E-state index in [1.807, 2.05) is 0 Å². The molecule has 0 fully saturated rings. The van der Waals surface area contributed by atoms with Crippen LogP contribution in [0.3, 0.4) is 0 Å². The molecule has 0 unspecified atom stereocenters. The predicted octanol–water partition coefficient (Wildman–Crippen LogP) is 5.40. The van der Waals surface area contributed by atoms with Gasteiger partial charge in [0.15, 0.2) is 0 Å². The second-order valence-electron chi connectivity index (χ2n) is 5.68. The lowest BCUT2D eigenvalue weighted by molar-refractivity contribution is 0.194. The van der Waals surface area contributed by atoms with Crippen LogP contribution < -0.4 is 4.74 Å². The molecule has 0 aromatic heterocycles. The minimum absolute atomic E-state index is 0.314. The van der Waals surface area contributed by atoms with Gasteiger partial charge in [-0.25, -0.2) is 4.39 Å². The molecule has 1 atom stereocenters. The Morgan fingerprint density at radius 3 is 2.24 bits per heavy atom. The minimum Gasteiger partial charge on any atom is -0.493 e. The highest BCUT2D eigenvalue weighted by Gasteiger charge is 2.08. The maximum Gasteiger partial charge on any atom is 0.132 e. The van der Waals surface area contributed by atoms with E-state index in [0.29, 0.717) is 17.9 Å². The van der Waals surface area contributed by atoms with Gasteiger partial charge in [-0.2, -0.15) is 0 Å². The standard InChI is InChI=1S/C18H29FO2/c1-3-4-5-6-7-8-9-10-13-21-16-11-12-17(15(2)20)18(19)14-16/h11-12,14-15,20H,3-10,13H2,1-2H3/t15-/m0/s1. The van der Waals surface area contributed by atoms with Gasteiger partial charge in [0.05, 0.1) is 12.7 Å². The van der Waals surface area contributed by atoms with Gasteiger partial charge < -0.3 is 9.84 Å². The molecule has 1 aromatic carbocycles. The zero-order valence-corrected chi connectivity index (χ0v) is 13.4.